The molecule has 13 heteroatoms. The smallest absolute Gasteiger partial charge is 0.460 e. The van der Waals surface area contributed by atoms with Crippen LogP contribution in [0.15, 0.2) is 36.4 Å². The number of rotatable bonds is 12. The molecule has 0 saturated carbocycles. The van der Waals surface area contributed by atoms with Crippen LogP contribution in [0.3, 0.4) is 0 Å². The molecule has 44 heavy (non-hydrogen) atoms. The van der Waals surface area contributed by atoms with Crippen LogP contribution in [0.1, 0.15) is 64.9 Å². The molecule has 1 aromatic carbocycles. The molecule has 3 rings (SSSR count). The predicted molar refractivity (Wildman–Crippen MR) is 163 cm³/mol. The maximum atomic E-state index is 13.7. The molecule has 2 heterocycles. The molecule has 1 saturated heterocycles. The maximum Gasteiger partial charge on any atom is 0.527 e. The van der Waals surface area contributed by atoms with Gasteiger partial charge in [-0.3, -0.25) is 14.4 Å². The number of esters is 1. The fourth-order valence-electron chi connectivity index (χ4n) is 4.29. The fraction of sp³-hybridized carbons (Fsp3) is 0.548. The quantitative estimate of drug-likeness (QED) is 0.338. The Morgan fingerprint density at radius 3 is 2.30 bits per heavy atom. The van der Waals surface area contributed by atoms with Crippen molar-refractivity contribution in [2.45, 2.75) is 66.0 Å². The normalized spacial score (nSPS) is 14.5. The van der Waals surface area contributed by atoms with Crippen LogP contribution < -0.4 is 10.6 Å². The van der Waals surface area contributed by atoms with E-state index < -0.39 is 29.7 Å². The molecule has 1 fully saturated rings. The Balaban J connectivity index is 1.80. The molecule has 0 unspecified atom stereocenters. The van der Waals surface area contributed by atoms with Gasteiger partial charge in [-0.1, -0.05) is 44.2 Å². The molecule has 240 valence electrons. The number of benzene rings is 1. The van der Waals surface area contributed by atoms with Gasteiger partial charge in [-0.25, -0.2) is 14.8 Å². The summed E-state index contributed by atoms with van der Waals surface area (Å²) in [5, 5.41) is 7.48. The first-order chi connectivity index (χ1) is 20.8. The Kier molecular flexibility index (Phi) is 12.4. The largest absolute Gasteiger partial charge is 0.527 e. The topological polar surface area (TPSA) is 152 Å². The number of hydrogen-bond donors (Lipinski definition) is 2. The number of carbonyl (C=O) groups is 4. The van der Waals surface area contributed by atoms with Crippen LogP contribution in [0.2, 0.25) is 0 Å². The van der Waals surface area contributed by atoms with Crippen LogP contribution in [0, 0.1) is 5.92 Å². The molecule has 1 aliphatic heterocycles. The number of ether oxygens (including phenoxy) is 2. The summed E-state index contributed by atoms with van der Waals surface area (Å²) < 4.78 is 10.2. The zero-order valence-electron chi connectivity index (χ0n) is 26.4. The summed E-state index contributed by atoms with van der Waals surface area (Å²) in [6, 6.07) is 9.80. The van der Waals surface area contributed by atoms with Gasteiger partial charge >= 0.3 is 12.1 Å². The Labute approximate surface area is 258 Å². The van der Waals surface area contributed by atoms with E-state index in [-0.39, 0.29) is 57.2 Å². The van der Waals surface area contributed by atoms with Gasteiger partial charge in [0.15, 0.2) is 5.82 Å². The Morgan fingerprint density at radius 1 is 1.00 bits per heavy atom. The van der Waals surface area contributed by atoms with Gasteiger partial charge in [-0.05, 0) is 40.0 Å². The minimum absolute atomic E-state index is 0.0219. The van der Waals surface area contributed by atoms with Crippen LogP contribution >= 0.6 is 0 Å². The SMILES string of the molecule is CCOC(=O)ON1CCN(C(=O)[C@H](CCC(=O)OC(C)(C)C)NC(=O)c2cc(NCC(C)C)nc(-c3ccccc3)n2)CC1. The number of piperazine rings is 1. The number of hydroxylamine groups is 2. The van der Waals surface area contributed by atoms with Gasteiger partial charge in [-0.2, -0.15) is 0 Å². The van der Waals surface area contributed by atoms with Crippen LogP contribution in [-0.2, 0) is 23.9 Å². The van der Waals surface area contributed by atoms with Crippen molar-refractivity contribution in [1.29, 1.82) is 0 Å². The molecular formula is C31H44N6O7. The maximum absolute atomic E-state index is 13.7. The molecule has 13 nitrogen and oxygen atoms in total. The van der Waals surface area contributed by atoms with Gasteiger partial charge in [0, 0.05) is 37.7 Å². The molecule has 2 amide bonds. The lowest BCUT2D eigenvalue weighted by Gasteiger charge is -2.35. The zero-order chi connectivity index (χ0) is 32.3. The van der Waals surface area contributed by atoms with Crippen LogP contribution in [0.5, 0.6) is 0 Å². The van der Waals surface area contributed by atoms with E-state index in [0.717, 1.165) is 5.56 Å². The first-order valence-electron chi connectivity index (χ1n) is 14.9. The third-order valence-corrected chi connectivity index (χ3v) is 6.36. The monoisotopic (exact) mass is 612 g/mol. The number of amides is 2. The van der Waals surface area contributed by atoms with E-state index in [4.69, 9.17) is 14.3 Å². The molecular weight excluding hydrogens is 568 g/mol. The number of hydrogen-bond acceptors (Lipinski definition) is 11. The van der Waals surface area contributed by atoms with Crippen LogP contribution in [-0.4, -0.2) is 94.8 Å². The van der Waals surface area contributed by atoms with E-state index >= 15 is 0 Å². The fourth-order valence-corrected chi connectivity index (χ4v) is 4.29. The first kappa shape index (κ1) is 34.2. The molecule has 0 aliphatic carbocycles. The van der Waals surface area contributed by atoms with E-state index in [9.17, 15) is 19.2 Å². The van der Waals surface area contributed by atoms with Crippen molar-refractivity contribution in [2.75, 3.05) is 44.6 Å². The molecule has 1 aromatic heterocycles. The second-order valence-corrected chi connectivity index (χ2v) is 11.8. The molecule has 0 spiro atoms. The van der Waals surface area contributed by atoms with E-state index in [1.54, 1.807) is 38.7 Å². The Bertz CT molecular complexity index is 1270. The van der Waals surface area contributed by atoms with E-state index in [0.29, 0.717) is 24.1 Å². The van der Waals surface area contributed by atoms with Crippen molar-refractivity contribution in [1.82, 2.24) is 25.2 Å². The zero-order valence-corrected chi connectivity index (χ0v) is 26.4. The highest BCUT2D eigenvalue weighted by Gasteiger charge is 2.31. The standard InChI is InChI=1S/C31H44N6O7/c1-7-42-30(41)44-37-17-15-36(16-18-37)29(40)23(13-14-26(38)43-31(4,5)6)34-28(39)24-19-25(32-20-21(2)3)35-27(33-24)22-11-9-8-10-12-22/h8-12,19,21,23H,7,13-18,20H2,1-6H3,(H,34,39)(H,32,33,35)/t23-/m0/s1. The van der Waals surface area contributed by atoms with Crippen molar-refractivity contribution in [3.8, 4) is 11.4 Å². The summed E-state index contributed by atoms with van der Waals surface area (Å²) in [5.74, 6) is -0.255. The Morgan fingerprint density at radius 2 is 1.68 bits per heavy atom. The van der Waals surface area contributed by atoms with Gasteiger partial charge in [0.05, 0.1) is 19.7 Å². The summed E-state index contributed by atoms with van der Waals surface area (Å²) in [4.78, 5) is 67.3. The molecule has 2 aromatic rings. The molecule has 2 N–H and O–H groups in total. The van der Waals surface area contributed by atoms with Gasteiger partial charge in [0.25, 0.3) is 5.91 Å². The molecule has 0 bridgehead atoms. The second-order valence-electron chi connectivity index (χ2n) is 11.8. The van der Waals surface area contributed by atoms with E-state index in [2.05, 4.69) is 34.4 Å². The van der Waals surface area contributed by atoms with E-state index in [1.807, 2.05) is 30.3 Å². The number of anilines is 1. The van der Waals surface area contributed by atoms with Crippen molar-refractivity contribution < 1.29 is 33.5 Å². The second kappa shape index (κ2) is 16.0. The average molecular weight is 613 g/mol. The van der Waals surface area contributed by atoms with Gasteiger partial charge in [0.1, 0.15) is 23.2 Å². The number of aromatic nitrogens is 2. The van der Waals surface area contributed by atoms with E-state index in [1.165, 1.54) is 5.06 Å². The third kappa shape index (κ3) is 11.1. The van der Waals surface area contributed by atoms with Crippen LogP contribution in [0.4, 0.5) is 10.6 Å². The Hall–Kier alpha value is -4.26. The molecule has 0 radical (unpaired) electrons. The first-order valence-corrected chi connectivity index (χ1v) is 14.9. The van der Waals surface area contributed by atoms with Crippen molar-refractivity contribution >= 4 is 29.8 Å². The summed E-state index contributed by atoms with van der Waals surface area (Å²) in [6.45, 7) is 12.9. The summed E-state index contributed by atoms with van der Waals surface area (Å²) in [7, 11) is 0. The lowest BCUT2D eigenvalue weighted by molar-refractivity contribution is -0.158. The third-order valence-electron chi connectivity index (χ3n) is 6.36. The number of carbonyl (C=O) groups excluding carboxylic acids is 4. The lowest BCUT2D eigenvalue weighted by Crippen LogP contribution is -2.55. The minimum atomic E-state index is -1.03. The summed E-state index contributed by atoms with van der Waals surface area (Å²) >= 11 is 0. The highest BCUT2D eigenvalue weighted by Crippen LogP contribution is 2.19. The van der Waals surface area contributed by atoms with Crippen molar-refractivity contribution in [2.24, 2.45) is 5.92 Å². The van der Waals surface area contributed by atoms with Gasteiger partial charge < -0.3 is 29.8 Å². The summed E-state index contributed by atoms with van der Waals surface area (Å²) in [6.07, 6.45) is -0.870. The number of nitrogens with zero attached hydrogens (tertiary/aromatic N) is 4. The average Bonchev–Trinajstić information content (AvgIpc) is 2.97. The lowest BCUT2D eigenvalue weighted by atomic mass is 10.1. The van der Waals surface area contributed by atoms with Crippen molar-refractivity contribution in [3.63, 3.8) is 0 Å². The van der Waals surface area contributed by atoms with Crippen molar-refractivity contribution in [3.05, 3.63) is 42.1 Å². The minimum Gasteiger partial charge on any atom is -0.460 e. The molecule has 1 aliphatic rings. The van der Waals surface area contributed by atoms with Crippen LogP contribution in [0.25, 0.3) is 11.4 Å². The summed E-state index contributed by atoms with van der Waals surface area (Å²) in [5.41, 5.74) is 0.117. The van der Waals surface area contributed by atoms with Gasteiger partial charge in [0.2, 0.25) is 5.91 Å². The van der Waals surface area contributed by atoms with Gasteiger partial charge in [-0.15, -0.1) is 5.06 Å². The molecule has 1 atom stereocenters. The highest BCUT2D eigenvalue weighted by molar-refractivity contribution is 5.97. The number of nitrogens with one attached hydrogen (secondary N) is 2. The highest BCUT2D eigenvalue weighted by atomic mass is 16.8. The predicted octanol–water partition coefficient (Wildman–Crippen LogP) is 3.66.